The molecule has 0 spiro atoms. The van der Waals surface area contributed by atoms with Gasteiger partial charge in [-0.05, 0) is 32.3 Å². The van der Waals surface area contributed by atoms with Crippen LogP contribution in [0.4, 0.5) is 0 Å². The van der Waals surface area contributed by atoms with Crippen molar-refractivity contribution in [3.05, 3.63) is 77.0 Å². The zero-order chi connectivity index (χ0) is 23.2. The quantitative estimate of drug-likeness (QED) is 0.510. The van der Waals surface area contributed by atoms with Gasteiger partial charge in [0.1, 0.15) is 5.69 Å². The predicted octanol–water partition coefficient (Wildman–Crippen LogP) is 4.25. The second kappa shape index (κ2) is 10.5. The number of carbonyl (C=O) groups excluding carboxylic acids is 2. The minimum Gasteiger partial charge on any atom is -0.354 e. The summed E-state index contributed by atoms with van der Waals surface area (Å²) in [7, 11) is 0. The normalized spacial score (nSPS) is 13.8. The summed E-state index contributed by atoms with van der Waals surface area (Å²) in [6.07, 6.45) is 6.00. The van der Waals surface area contributed by atoms with Crippen molar-refractivity contribution in [3.63, 3.8) is 0 Å². The molecule has 172 valence electrons. The Balaban J connectivity index is 1.45. The smallest absolute Gasteiger partial charge is 0.255 e. The van der Waals surface area contributed by atoms with Gasteiger partial charge < -0.3 is 10.6 Å². The molecule has 2 N–H and O–H groups in total. The molecule has 1 aliphatic rings. The molecular weight excluding hydrogens is 412 g/mol. The number of carbonyl (C=O) groups is 2. The number of amides is 2. The van der Waals surface area contributed by atoms with E-state index in [-0.39, 0.29) is 17.7 Å². The molecule has 0 unspecified atom stereocenters. The first-order chi connectivity index (χ1) is 16.0. The van der Waals surface area contributed by atoms with Crippen LogP contribution in [-0.2, 0) is 11.3 Å². The van der Waals surface area contributed by atoms with Crippen LogP contribution in [0.3, 0.4) is 0 Å². The minimum absolute atomic E-state index is 0.105. The first-order valence-electron chi connectivity index (χ1n) is 11.8. The molecule has 1 aromatic heterocycles. The van der Waals surface area contributed by atoms with Crippen LogP contribution in [0.2, 0.25) is 0 Å². The molecule has 1 aliphatic carbocycles. The third-order valence-electron chi connectivity index (χ3n) is 6.23. The summed E-state index contributed by atoms with van der Waals surface area (Å²) >= 11 is 0. The highest BCUT2D eigenvalue weighted by atomic mass is 16.2. The molecular formula is C27H32N4O2. The van der Waals surface area contributed by atoms with Gasteiger partial charge in [0.15, 0.2) is 0 Å². The Morgan fingerprint density at radius 2 is 1.52 bits per heavy atom. The third-order valence-corrected chi connectivity index (χ3v) is 6.23. The maximum Gasteiger partial charge on any atom is 0.255 e. The van der Waals surface area contributed by atoms with Gasteiger partial charge in [0.2, 0.25) is 5.91 Å². The topological polar surface area (TPSA) is 76.0 Å². The summed E-state index contributed by atoms with van der Waals surface area (Å²) in [4.78, 5) is 25.2. The average Bonchev–Trinajstić information content (AvgIpc) is 3.49. The maximum atomic E-state index is 13.0. The van der Waals surface area contributed by atoms with Gasteiger partial charge >= 0.3 is 0 Å². The number of benzene rings is 2. The van der Waals surface area contributed by atoms with Crippen LogP contribution >= 0.6 is 0 Å². The van der Waals surface area contributed by atoms with Gasteiger partial charge in [-0.2, -0.15) is 5.10 Å². The van der Waals surface area contributed by atoms with E-state index in [0.29, 0.717) is 30.9 Å². The second-order valence-corrected chi connectivity index (χ2v) is 8.97. The lowest BCUT2D eigenvalue weighted by atomic mass is 10.1. The fourth-order valence-electron chi connectivity index (χ4n) is 4.26. The Kier molecular flexibility index (Phi) is 7.23. The lowest BCUT2D eigenvalue weighted by Crippen LogP contribution is -2.37. The molecule has 3 aromatic rings. The van der Waals surface area contributed by atoms with E-state index in [9.17, 15) is 9.59 Å². The Morgan fingerprint density at radius 3 is 2.18 bits per heavy atom. The highest BCUT2D eigenvalue weighted by Gasteiger charge is 2.22. The van der Waals surface area contributed by atoms with Crippen LogP contribution in [-0.4, -0.2) is 34.7 Å². The fourth-order valence-corrected chi connectivity index (χ4v) is 4.26. The number of hydrogen-bond acceptors (Lipinski definition) is 3. The largest absolute Gasteiger partial charge is 0.354 e. The lowest BCUT2D eigenvalue weighted by molar-refractivity contribution is -0.124. The molecule has 0 bridgehead atoms. The molecule has 6 heteroatoms. The number of rotatable bonds is 8. The average molecular weight is 445 g/mol. The van der Waals surface area contributed by atoms with Crippen molar-refractivity contribution in [3.8, 4) is 11.3 Å². The van der Waals surface area contributed by atoms with Gasteiger partial charge in [-0.25, -0.2) is 0 Å². The van der Waals surface area contributed by atoms with Crippen molar-refractivity contribution in [2.75, 3.05) is 13.1 Å². The Morgan fingerprint density at radius 1 is 0.909 bits per heavy atom. The summed E-state index contributed by atoms with van der Waals surface area (Å²) < 4.78 is 1.82. The minimum atomic E-state index is -0.184. The molecule has 1 fully saturated rings. The van der Waals surface area contributed by atoms with Crippen molar-refractivity contribution in [2.24, 2.45) is 5.92 Å². The molecule has 2 amide bonds. The van der Waals surface area contributed by atoms with E-state index in [4.69, 9.17) is 5.10 Å². The molecule has 33 heavy (non-hydrogen) atoms. The number of nitrogens with zero attached hydrogens (tertiary/aromatic N) is 2. The molecule has 1 saturated carbocycles. The Hall–Kier alpha value is -3.41. The van der Waals surface area contributed by atoms with E-state index < -0.39 is 0 Å². The van der Waals surface area contributed by atoms with Gasteiger partial charge in [-0.15, -0.1) is 0 Å². The second-order valence-electron chi connectivity index (χ2n) is 8.97. The Bertz CT molecular complexity index is 1090. The first-order valence-corrected chi connectivity index (χ1v) is 11.8. The molecule has 4 rings (SSSR count). The van der Waals surface area contributed by atoms with Gasteiger partial charge in [-0.1, -0.05) is 72.5 Å². The standard InChI is InChI=1S/C27H32N4O2/c1-19-7-11-21(12-8-19)17-31-18-24(25(30-31)22-13-9-20(2)10-14-22)27(33)29-16-15-28-26(32)23-5-3-4-6-23/h7-14,18,23H,3-6,15-17H2,1-2H3,(H,28,32)(H,29,33). The molecule has 0 aliphatic heterocycles. The molecule has 0 atom stereocenters. The zero-order valence-electron chi connectivity index (χ0n) is 19.4. The summed E-state index contributed by atoms with van der Waals surface area (Å²) in [6.45, 7) is 5.50. The van der Waals surface area contributed by atoms with E-state index in [0.717, 1.165) is 42.4 Å². The lowest BCUT2D eigenvalue weighted by Gasteiger charge is -2.11. The van der Waals surface area contributed by atoms with Crippen LogP contribution < -0.4 is 10.6 Å². The van der Waals surface area contributed by atoms with Crippen LogP contribution in [0.15, 0.2) is 54.7 Å². The summed E-state index contributed by atoms with van der Waals surface area (Å²) in [5, 5.41) is 10.6. The van der Waals surface area contributed by atoms with Crippen molar-refractivity contribution in [1.82, 2.24) is 20.4 Å². The van der Waals surface area contributed by atoms with Crippen molar-refractivity contribution in [1.29, 1.82) is 0 Å². The van der Waals surface area contributed by atoms with Crippen molar-refractivity contribution < 1.29 is 9.59 Å². The molecule has 6 nitrogen and oxygen atoms in total. The third kappa shape index (κ3) is 5.89. The van der Waals surface area contributed by atoms with E-state index in [1.165, 1.54) is 5.56 Å². The van der Waals surface area contributed by atoms with Gasteiger partial charge in [0.25, 0.3) is 5.91 Å². The molecule has 1 heterocycles. The highest BCUT2D eigenvalue weighted by molar-refractivity contribution is 5.99. The number of hydrogen-bond donors (Lipinski definition) is 2. The van der Waals surface area contributed by atoms with E-state index in [2.05, 4.69) is 41.8 Å². The molecule has 2 aromatic carbocycles. The van der Waals surface area contributed by atoms with Gasteiger partial charge in [0.05, 0.1) is 12.1 Å². The van der Waals surface area contributed by atoms with Crippen LogP contribution in [0, 0.1) is 19.8 Å². The highest BCUT2D eigenvalue weighted by Crippen LogP contribution is 2.25. The Labute approximate surface area is 195 Å². The summed E-state index contributed by atoms with van der Waals surface area (Å²) in [6, 6.07) is 16.3. The first kappa shape index (κ1) is 22.8. The monoisotopic (exact) mass is 444 g/mol. The van der Waals surface area contributed by atoms with Crippen LogP contribution in [0.5, 0.6) is 0 Å². The fraction of sp³-hybridized carbons (Fsp3) is 0.370. The maximum absolute atomic E-state index is 13.0. The predicted molar refractivity (Wildman–Crippen MR) is 130 cm³/mol. The molecule has 0 radical (unpaired) electrons. The van der Waals surface area contributed by atoms with Gasteiger partial charge in [-0.3, -0.25) is 14.3 Å². The zero-order valence-corrected chi connectivity index (χ0v) is 19.4. The number of nitrogens with one attached hydrogen (secondary N) is 2. The molecule has 0 saturated heterocycles. The van der Waals surface area contributed by atoms with E-state index in [1.54, 1.807) is 0 Å². The van der Waals surface area contributed by atoms with E-state index in [1.807, 2.05) is 42.1 Å². The van der Waals surface area contributed by atoms with E-state index >= 15 is 0 Å². The van der Waals surface area contributed by atoms with Crippen molar-refractivity contribution >= 4 is 11.8 Å². The summed E-state index contributed by atoms with van der Waals surface area (Å²) in [5.41, 5.74) is 5.59. The SMILES string of the molecule is Cc1ccc(Cn2cc(C(=O)NCCNC(=O)C3CCCC3)c(-c3ccc(C)cc3)n2)cc1. The number of aryl methyl sites for hydroxylation is 2. The van der Waals surface area contributed by atoms with Gasteiger partial charge in [0, 0.05) is 30.8 Å². The summed E-state index contributed by atoms with van der Waals surface area (Å²) in [5.74, 6) is 0.0534. The van der Waals surface area contributed by atoms with Crippen LogP contribution in [0.25, 0.3) is 11.3 Å². The van der Waals surface area contributed by atoms with Crippen LogP contribution in [0.1, 0.15) is 52.7 Å². The van der Waals surface area contributed by atoms with Crippen molar-refractivity contribution in [2.45, 2.75) is 46.1 Å². The number of aromatic nitrogens is 2.